The summed E-state index contributed by atoms with van der Waals surface area (Å²) in [4.78, 5) is 14.7. The van der Waals surface area contributed by atoms with Crippen molar-refractivity contribution in [1.82, 2.24) is 10.2 Å². The Bertz CT molecular complexity index is 689. The third kappa shape index (κ3) is 5.53. The lowest BCUT2D eigenvalue weighted by Gasteiger charge is -2.31. The monoisotopic (exact) mass is 356 g/mol. The largest absolute Gasteiger partial charge is 0.379 e. The molecule has 0 radical (unpaired) electrons. The number of amides is 1. The fourth-order valence-electron chi connectivity index (χ4n) is 2.84. The van der Waals surface area contributed by atoms with E-state index in [1.54, 1.807) is 17.4 Å². The summed E-state index contributed by atoms with van der Waals surface area (Å²) in [5.41, 5.74) is 3.41. The molecule has 1 N–H and O–H groups in total. The van der Waals surface area contributed by atoms with E-state index in [9.17, 15) is 4.79 Å². The Kier molecular flexibility index (Phi) is 6.39. The molecule has 1 aliphatic heterocycles. The van der Waals surface area contributed by atoms with Gasteiger partial charge in [0, 0.05) is 25.7 Å². The molecule has 1 amide bonds. The average molecular weight is 356 g/mol. The second-order valence-electron chi connectivity index (χ2n) is 6.27. The van der Waals surface area contributed by atoms with E-state index in [1.165, 1.54) is 5.56 Å². The smallest absolute Gasteiger partial charge is 0.244 e. The number of thiophene rings is 1. The molecule has 4 nitrogen and oxygen atoms in total. The predicted molar refractivity (Wildman–Crippen MR) is 103 cm³/mol. The number of hydrogen-bond acceptors (Lipinski definition) is 4. The molecule has 0 bridgehead atoms. The van der Waals surface area contributed by atoms with Crippen molar-refractivity contribution in [1.29, 1.82) is 0 Å². The third-order valence-corrected chi connectivity index (χ3v) is 5.01. The second-order valence-corrected chi connectivity index (χ2v) is 7.05. The average Bonchev–Trinajstić information content (AvgIpc) is 3.15. The molecule has 0 saturated carbocycles. The van der Waals surface area contributed by atoms with Gasteiger partial charge < -0.3 is 10.1 Å². The van der Waals surface area contributed by atoms with Crippen LogP contribution in [-0.2, 0) is 9.53 Å². The minimum absolute atomic E-state index is 0.0293. The van der Waals surface area contributed by atoms with Crippen molar-refractivity contribution in [2.75, 3.05) is 32.8 Å². The number of morpholine rings is 1. The Hall–Kier alpha value is -1.95. The molecule has 1 aromatic carbocycles. The van der Waals surface area contributed by atoms with E-state index in [0.29, 0.717) is 0 Å². The van der Waals surface area contributed by atoms with Gasteiger partial charge in [-0.3, -0.25) is 9.69 Å². The van der Waals surface area contributed by atoms with Crippen LogP contribution in [0, 0.1) is 6.92 Å². The lowest BCUT2D eigenvalue weighted by molar-refractivity contribution is -0.117. The minimum atomic E-state index is -0.0648. The summed E-state index contributed by atoms with van der Waals surface area (Å²) in [5.74, 6) is -0.0648. The number of nitrogens with zero attached hydrogens (tertiary/aromatic N) is 1. The molecule has 1 unspecified atom stereocenters. The van der Waals surface area contributed by atoms with Crippen molar-refractivity contribution < 1.29 is 9.53 Å². The van der Waals surface area contributed by atoms with E-state index >= 15 is 0 Å². The maximum atomic E-state index is 12.4. The number of carbonyl (C=O) groups excluding carboxylic acids is 1. The number of carbonyl (C=O) groups is 1. The molecule has 2 aromatic rings. The van der Waals surface area contributed by atoms with E-state index in [4.69, 9.17) is 4.74 Å². The topological polar surface area (TPSA) is 41.6 Å². The summed E-state index contributed by atoms with van der Waals surface area (Å²) in [5, 5.41) is 7.19. The van der Waals surface area contributed by atoms with Gasteiger partial charge in [0.05, 0.1) is 19.3 Å². The fourth-order valence-corrected chi connectivity index (χ4v) is 3.47. The Morgan fingerprint density at radius 1 is 1.28 bits per heavy atom. The summed E-state index contributed by atoms with van der Waals surface area (Å²) in [6.07, 6.45) is 3.47. The van der Waals surface area contributed by atoms with Gasteiger partial charge in [-0.05, 0) is 41.0 Å². The molecule has 0 spiro atoms. The van der Waals surface area contributed by atoms with Crippen LogP contribution in [0.1, 0.15) is 22.7 Å². The molecule has 1 saturated heterocycles. The van der Waals surface area contributed by atoms with Crippen molar-refractivity contribution in [3.05, 3.63) is 63.9 Å². The Labute approximate surface area is 153 Å². The molecule has 1 aliphatic rings. The maximum absolute atomic E-state index is 12.4. The van der Waals surface area contributed by atoms with Crippen molar-refractivity contribution in [2.45, 2.75) is 13.0 Å². The van der Waals surface area contributed by atoms with Crippen LogP contribution in [0.15, 0.2) is 47.2 Å². The molecule has 5 heteroatoms. The minimum Gasteiger partial charge on any atom is -0.379 e. The third-order valence-electron chi connectivity index (χ3n) is 4.31. The van der Waals surface area contributed by atoms with Crippen molar-refractivity contribution in [3.63, 3.8) is 0 Å². The van der Waals surface area contributed by atoms with Crippen LogP contribution in [0.2, 0.25) is 0 Å². The number of ether oxygens (including phenoxy) is 1. The lowest BCUT2D eigenvalue weighted by Crippen LogP contribution is -2.42. The van der Waals surface area contributed by atoms with Gasteiger partial charge in [0.1, 0.15) is 0 Å². The standard InChI is InChI=1S/C20H24N2O2S/c1-16-2-5-18(6-3-16)19(14-22-9-11-24-12-10-22)21-20(23)7-4-17-8-13-25-15-17/h2-8,13,15,19H,9-12,14H2,1H3,(H,21,23)/b7-4+. The molecule has 2 heterocycles. The molecular weight excluding hydrogens is 332 g/mol. The Morgan fingerprint density at radius 2 is 2.04 bits per heavy atom. The van der Waals surface area contributed by atoms with Crippen LogP contribution in [0.5, 0.6) is 0 Å². The molecule has 0 aliphatic carbocycles. The van der Waals surface area contributed by atoms with Gasteiger partial charge in [0.2, 0.25) is 5.91 Å². The molecule has 3 rings (SSSR count). The summed E-state index contributed by atoms with van der Waals surface area (Å²) in [6, 6.07) is 10.4. The number of hydrogen-bond donors (Lipinski definition) is 1. The first-order valence-electron chi connectivity index (χ1n) is 8.58. The molecule has 1 aromatic heterocycles. The van der Waals surface area contributed by atoms with Gasteiger partial charge in [0.15, 0.2) is 0 Å². The van der Waals surface area contributed by atoms with Crippen LogP contribution >= 0.6 is 11.3 Å². The van der Waals surface area contributed by atoms with E-state index in [-0.39, 0.29) is 11.9 Å². The second kappa shape index (κ2) is 8.94. The Morgan fingerprint density at radius 3 is 2.72 bits per heavy atom. The normalized spacial score (nSPS) is 16.8. The van der Waals surface area contributed by atoms with Crippen molar-refractivity contribution in [2.24, 2.45) is 0 Å². The summed E-state index contributed by atoms with van der Waals surface area (Å²) >= 11 is 1.63. The molecule has 1 fully saturated rings. The SMILES string of the molecule is Cc1ccc(C(CN2CCOCC2)NC(=O)/C=C/c2ccsc2)cc1. The number of rotatable bonds is 6. The first-order valence-corrected chi connectivity index (χ1v) is 9.52. The zero-order chi connectivity index (χ0) is 17.5. The van der Waals surface area contributed by atoms with Gasteiger partial charge in [-0.15, -0.1) is 0 Å². The highest BCUT2D eigenvalue weighted by molar-refractivity contribution is 7.08. The quantitative estimate of drug-likeness (QED) is 0.808. The highest BCUT2D eigenvalue weighted by Crippen LogP contribution is 2.17. The summed E-state index contributed by atoms with van der Waals surface area (Å²) in [7, 11) is 0. The zero-order valence-electron chi connectivity index (χ0n) is 14.5. The van der Waals surface area contributed by atoms with Gasteiger partial charge in [-0.2, -0.15) is 11.3 Å². The highest BCUT2D eigenvalue weighted by atomic mass is 32.1. The van der Waals surface area contributed by atoms with E-state index < -0.39 is 0 Å². The number of aryl methyl sites for hydroxylation is 1. The molecular formula is C20H24N2O2S. The summed E-state index contributed by atoms with van der Waals surface area (Å²) in [6.45, 7) is 6.19. The number of benzene rings is 1. The van der Waals surface area contributed by atoms with E-state index in [1.807, 2.05) is 22.9 Å². The van der Waals surface area contributed by atoms with Gasteiger partial charge in [-0.1, -0.05) is 29.8 Å². The zero-order valence-corrected chi connectivity index (χ0v) is 15.3. The predicted octanol–water partition coefficient (Wildman–Crippen LogP) is 3.26. The van der Waals surface area contributed by atoms with Crippen molar-refractivity contribution in [3.8, 4) is 0 Å². The lowest BCUT2D eigenvalue weighted by atomic mass is 10.0. The van der Waals surface area contributed by atoms with Crippen LogP contribution in [0.4, 0.5) is 0 Å². The number of nitrogens with one attached hydrogen (secondary N) is 1. The summed E-state index contributed by atoms with van der Waals surface area (Å²) < 4.78 is 5.42. The maximum Gasteiger partial charge on any atom is 0.244 e. The Balaban J connectivity index is 1.68. The van der Waals surface area contributed by atoms with E-state index in [2.05, 4.69) is 41.4 Å². The van der Waals surface area contributed by atoms with Gasteiger partial charge in [0.25, 0.3) is 0 Å². The van der Waals surface area contributed by atoms with Crippen LogP contribution in [-0.4, -0.2) is 43.7 Å². The van der Waals surface area contributed by atoms with Crippen LogP contribution < -0.4 is 5.32 Å². The van der Waals surface area contributed by atoms with E-state index in [0.717, 1.165) is 44.0 Å². The first kappa shape index (κ1) is 17.9. The van der Waals surface area contributed by atoms with Crippen molar-refractivity contribution >= 4 is 23.3 Å². The molecule has 25 heavy (non-hydrogen) atoms. The fraction of sp³-hybridized carbons (Fsp3) is 0.350. The first-order chi connectivity index (χ1) is 12.2. The molecule has 132 valence electrons. The van der Waals surface area contributed by atoms with Gasteiger partial charge >= 0.3 is 0 Å². The van der Waals surface area contributed by atoms with Crippen LogP contribution in [0.3, 0.4) is 0 Å². The highest BCUT2D eigenvalue weighted by Gasteiger charge is 2.19. The molecule has 1 atom stereocenters. The van der Waals surface area contributed by atoms with Crippen LogP contribution in [0.25, 0.3) is 6.08 Å². The van der Waals surface area contributed by atoms with Gasteiger partial charge in [-0.25, -0.2) is 0 Å².